The van der Waals surface area contributed by atoms with Crippen molar-refractivity contribution in [2.45, 2.75) is 13.0 Å². The van der Waals surface area contributed by atoms with E-state index in [-0.39, 0.29) is 11.1 Å². The summed E-state index contributed by atoms with van der Waals surface area (Å²) in [5.74, 6) is 0.409. The molecule has 1 heterocycles. The van der Waals surface area contributed by atoms with Gasteiger partial charge in [-0.25, -0.2) is 0 Å². The first-order valence-corrected chi connectivity index (χ1v) is 9.51. The van der Waals surface area contributed by atoms with Gasteiger partial charge in [-0.1, -0.05) is 48.5 Å². The Bertz CT molecular complexity index is 835. The Morgan fingerprint density at radius 2 is 1.78 bits per heavy atom. The minimum Gasteiger partial charge on any atom is -0.488 e. The van der Waals surface area contributed by atoms with Gasteiger partial charge in [-0.15, -0.1) is 0 Å². The third kappa shape index (κ3) is 4.99. The van der Waals surface area contributed by atoms with Crippen molar-refractivity contribution in [3.8, 4) is 5.75 Å². The number of thioether (sulfide) groups is 1. The molecule has 0 saturated carbocycles. The Labute approximate surface area is 163 Å². The first kappa shape index (κ1) is 19.2. The molecular weight excluding hydrogens is 362 g/mol. The maximum Gasteiger partial charge on any atom is 0.293 e. The average molecular weight is 383 g/mol. The number of nitrogens with zero attached hydrogens (tertiary/aromatic N) is 1. The molecule has 140 valence electrons. The van der Waals surface area contributed by atoms with Crippen molar-refractivity contribution in [1.29, 1.82) is 0 Å². The quantitative estimate of drug-likeness (QED) is 0.501. The molecule has 1 aliphatic heterocycles. The van der Waals surface area contributed by atoms with E-state index in [1.54, 1.807) is 13.2 Å². The molecule has 5 nitrogen and oxygen atoms in total. The first-order valence-electron chi connectivity index (χ1n) is 8.69. The molecule has 0 atom stereocenters. The minimum atomic E-state index is -0.265. The van der Waals surface area contributed by atoms with Crippen LogP contribution in [0.5, 0.6) is 5.75 Å². The van der Waals surface area contributed by atoms with Crippen LogP contribution in [0.4, 0.5) is 4.79 Å². The lowest BCUT2D eigenvalue weighted by molar-refractivity contribution is -0.122. The Balaban J connectivity index is 1.73. The third-order valence-corrected chi connectivity index (χ3v) is 4.95. The van der Waals surface area contributed by atoms with Crippen LogP contribution in [0, 0.1) is 0 Å². The normalized spacial score (nSPS) is 15.6. The highest BCUT2D eigenvalue weighted by atomic mass is 32.2. The molecule has 2 aromatic rings. The second-order valence-corrected chi connectivity index (χ2v) is 6.98. The van der Waals surface area contributed by atoms with Crippen molar-refractivity contribution in [3.05, 3.63) is 70.6 Å². The Hall–Kier alpha value is -2.57. The van der Waals surface area contributed by atoms with Crippen molar-refractivity contribution in [2.75, 3.05) is 20.3 Å². The summed E-state index contributed by atoms with van der Waals surface area (Å²) in [6.45, 7) is 1.31. The molecule has 0 spiro atoms. The van der Waals surface area contributed by atoms with Crippen molar-refractivity contribution in [2.24, 2.45) is 0 Å². The number of para-hydroxylation sites is 1. The zero-order valence-corrected chi connectivity index (χ0v) is 15.9. The number of imide groups is 1. The fraction of sp³-hybridized carbons (Fsp3) is 0.238. The van der Waals surface area contributed by atoms with E-state index in [2.05, 4.69) is 0 Å². The van der Waals surface area contributed by atoms with Crippen molar-refractivity contribution < 1.29 is 19.1 Å². The highest BCUT2D eigenvalue weighted by Gasteiger charge is 2.34. The monoisotopic (exact) mass is 383 g/mol. The van der Waals surface area contributed by atoms with E-state index < -0.39 is 0 Å². The fourth-order valence-electron chi connectivity index (χ4n) is 2.67. The molecule has 1 aliphatic rings. The largest absolute Gasteiger partial charge is 0.488 e. The van der Waals surface area contributed by atoms with E-state index in [1.807, 2.05) is 54.6 Å². The van der Waals surface area contributed by atoms with Crippen molar-refractivity contribution in [3.63, 3.8) is 0 Å². The van der Waals surface area contributed by atoms with Crippen LogP contribution in [0.15, 0.2) is 59.5 Å². The van der Waals surface area contributed by atoms with Crippen LogP contribution in [-0.2, 0) is 16.1 Å². The highest BCUT2D eigenvalue weighted by molar-refractivity contribution is 8.18. The van der Waals surface area contributed by atoms with Gasteiger partial charge in [0, 0.05) is 25.8 Å². The number of hydrogen-bond acceptors (Lipinski definition) is 5. The molecule has 6 heteroatoms. The second-order valence-electron chi connectivity index (χ2n) is 5.99. The predicted molar refractivity (Wildman–Crippen MR) is 106 cm³/mol. The molecule has 27 heavy (non-hydrogen) atoms. The van der Waals surface area contributed by atoms with E-state index in [9.17, 15) is 9.59 Å². The van der Waals surface area contributed by atoms with Gasteiger partial charge in [0.15, 0.2) is 0 Å². The van der Waals surface area contributed by atoms with Gasteiger partial charge in [0.05, 0.1) is 4.91 Å². The Morgan fingerprint density at radius 1 is 1.04 bits per heavy atom. The van der Waals surface area contributed by atoms with Crippen LogP contribution >= 0.6 is 11.8 Å². The predicted octanol–water partition coefficient (Wildman–Crippen LogP) is 4.34. The molecule has 0 aliphatic carbocycles. The lowest BCUT2D eigenvalue weighted by Gasteiger charge is -2.11. The minimum absolute atomic E-state index is 0.245. The van der Waals surface area contributed by atoms with Gasteiger partial charge in [-0.2, -0.15) is 0 Å². The molecule has 2 amide bonds. The van der Waals surface area contributed by atoms with Crippen LogP contribution in [0.2, 0.25) is 0 Å². The van der Waals surface area contributed by atoms with Gasteiger partial charge in [-0.05, 0) is 35.9 Å². The van der Waals surface area contributed by atoms with Crippen LogP contribution in [-0.4, -0.2) is 36.3 Å². The maximum absolute atomic E-state index is 12.5. The number of methoxy groups -OCH3 is 1. The van der Waals surface area contributed by atoms with Crippen LogP contribution in [0.25, 0.3) is 6.08 Å². The molecule has 0 unspecified atom stereocenters. The molecule has 1 fully saturated rings. The van der Waals surface area contributed by atoms with Gasteiger partial charge >= 0.3 is 0 Å². The molecule has 0 bridgehead atoms. The lowest BCUT2D eigenvalue weighted by Crippen LogP contribution is -2.29. The van der Waals surface area contributed by atoms with E-state index >= 15 is 0 Å². The fourth-order valence-corrected chi connectivity index (χ4v) is 3.52. The SMILES string of the molecule is COCCCN1C(=O)S/C(=C/c2ccccc2OCc2ccccc2)C1=O. The van der Waals surface area contributed by atoms with Crippen LogP contribution in [0.1, 0.15) is 17.5 Å². The van der Waals surface area contributed by atoms with Crippen LogP contribution in [0.3, 0.4) is 0 Å². The van der Waals surface area contributed by atoms with E-state index in [0.29, 0.717) is 36.8 Å². The highest BCUT2D eigenvalue weighted by Crippen LogP contribution is 2.34. The number of ether oxygens (including phenoxy) is 2. The summed E-state index contributed by atoms with van der Waals surface area (Å²) < 4.78 is 10.9. The van der Waals surface area contributed by atoms with Crippen LogP contribution < -0.4 is 4.74 Å². The molecule has 1 saturated heterocycles. The van der Waals surface area contributed by atoms with Gasteiger partial charge in [0.25, 0.3) is 11.1 Å². The topological polar surface area (TPSA) is 55.8 Å². The summed E-state index contributed by atoms with van der Waals surface area (Å²) in [5, 5.41) is -0.245. The van der Waals surface area contributed by atoms with Gasteiger partial charge in [0.2, 0.25) is 0 Å². The van der Waals surface area contributed by atoms with Crippen molar-refractivity contribution >= 4 is 29.0 Å². The third-order valence-electron chi connectivity index (χ3n) is 4.05. The van der Waals surface area contributed by atoms with E-state index in [4.69, 9.17) is 9.47 Å². The first-order chi connectivity index (χ1) is 13.2. The number of rotatable bonds is 8. The lowest BCUT2D eigenvalue weighted by atomic mass is 10.1. The summed E-state index contributed by atoms with van der Waals surface area (Å²) in [4.78, 5) is 26.3. The second kappa shape index (κ2) is 9.39. The number of hydrogen-bond donors (Lipinski definition) is 0. The van der Waals surface area contributed by atoms with Crippen molar-refractivity contribution in [1.82, 2.24) is 4.90 Å². The molecule has 3 rings (SSSR count). The van der Waals surface area contributed by atoms with E-state index in [0.717, 1.165) is 22.9 Å². The molecular formula is C21H21NO4S. The van der Waals surface area contributed by atoms with E-state index in [1.165, 1.54) is 4.90 Å². The number of carbonyl (C=O) groups is 2. The zero-order chi connectivity index (χ0) is 19.1. The number of benzene rings is 2. The molecule has 0 N–H and O–H groups in total. The maximum atomic E-state index is 12.5. The Kier molecular flexibility index (Phi) is 6.68. The molecule has 0 radical (unpaired) electrons. The number of amides is 2. The van der Waals surface area contributed by atoms with Gasteiger partial charge in [-0.3, -0.25) is 14.5 Å². The van der Waals surface area contributed by atoms with Gasteiger partial charge < -0.3 is 9.47 Å². The summed E-state index contributed by atoms with van der Waals surface area (Å²) >= 11 is 0.960. The summed E-state index contributed by atoms with van der Waals surface area (Å²) in [6.07, 6.45) is 2.35. The summed E-state index contributed by atoms with van der Waals surface area (Å²) in [7, 11) is 1.60. The standard InChI is InChI=1S/C21H21NO4S/c1-25-13-7-12-22-20(23)19(27-21(22)24)14-17-10-5-6-11-18(17)26-15-16-8-3-2-4-9-16/h2-6,8-11,14H,7,12-13,15H2,1H3/b19-14+. The summed E-state index contributed by atoms with van der Waals surface area (Å²) in [5.41, 5.74) is 1.83. The average Bonchev–Trinajstić information content (AvgIpc) is 2.95. The smallest absolute Gasteiger partial charge is 0.293 e. The zero-order valence-electron chi connectivity index (χ0n) is 15.1. The number of carbonyl (C=O) groups excluding carboxylic acids is 2. The molecule has 0 aromatic heterocycles. The Morgan fingerprint density at radius 3 is 2.56 bits per heavy atom. The summed E-state index contributed by atoms with van der Waals surface area (Å²) in [6, 6.07) is 17.4. The molecule has 2 aromatic carbocycles. The van der Waals surface area contributed by atoms with Gasteiger partial charge in [0.1, 0.15) is 12.4 Å².